The van der Waals surface area contributed by atoms with Crippen molar-refractivity contribution in [3.8, 4) is 11.6 Å². The SMILES string of the molecule is CC[C@@H]1C[C@H](C)CC/C=C\[C@@H]2C[C@@]2(C(=O)NS(=O)(=O)C2CC2)NC(=O)[C@@H]2C[C@@H](Oc3cnc4ccc(OC)cc4n3)CN2C(=O)[C@H]1NC(=O)OC(C)(C)C. The number of nitrogens with one attached hydrogen (secondary N) is 3. The summed E-state index contributed by atoms with van der Waals surface area (Å²) in [5, 5.41) is 5.09. The zero-order valence-corrected chi connectivity index (χ0v) is 32.6. The molecule has 7 atom stereocenters. The van der Waals surface area contributed by atoms with Crippen molar-refractivity contribution in [3.63, 3.8) is 0 Å². The fourth-order valence-electron chi connectivity index (χ4n) is 7.48. The van der Waals surface area contributed by atoms with Crippen LogP contribution in [0.5, 0.6) is 11.6 Å². The Bertz CT molecular complexity index is 1910. The van der Waals surface area contributed by atoms with Gasteiger partial charge in [0, 0.05) is 18.4 Å². The second-order valence-electron chi connectivity index (χ2n) is 16.1. The van der Waals surface area contributed by atoms with Crippen LogP contribution in [0.15, 0.2) is 36.5 Å². The van der Waals surface area contributed by atoms with Crippen LogP contribution in [0, 0.1) is 17.8 Å². The van der Waals surface area contributed by atoms with Gasteiger partial charge in [-0.2, -0.15) is 0 Å². The molecule has 0 unspecified atom stereocenters. The van der Waals surface area contributed by atoms with Crippen LogP contribution in [0.25, 0.3) is 11.0 Å². The van der Waals surface area contributed by atoms with Gasteiger partial charge in [-0.3, -0.25) is 19.1 Å². The Morgan fingerprint density at radius 3 is 2.56 bits per heavy atom. The number of amides is 4. The molecule has 6 rings (SSSR count). The third-order valence-electron chi connectivity index (χ3n) is 10.7. The first kappa shape index (κ1) is 39.2. The third kappa shape index (κ3) is 8.90. The van der Waals surface area contributed by atoms with Crippen LogP contribution in [-0.4, -0.2) is 95.3 Å². The highest BCUT2D eigenvalue weighted by atomic mass is 32.2. The number of ether oxygens (including phenoxy) is 3. The molecular weight excluding hydrogens is 717 g/mol. The molecule has 2 aromatic rings. The van der Waals surface area contributed by atoms with E-state index in [-0.39, 0.29) is 37.1 Å². The van der Waals surface area contributed by atoms with E-state index in [0.29, 0.717) is 48.9 Å². The molecule has 2 saturated carbocycles. The average Bonchev–Trinajstić information content (AvgIpc) is 4.03. The highest BCUT2D eigenvalue weighted by molar-refractivity contribution is 7.91. The molecule has 4 amide bonds. The number of allylic oxidation sites excluding steroid dienone is 1. The average molecular weight is 769 g/mol. The van der Waals surface area contributed by atoms with Gasteiger partial charge in [-0.15, -0.1) is 0 Å². The van der Waals surface area contributed by atoms with Gasteiger partial charge < -0.3 is 29.7 Å². The van der Waals surface area contributed by atoms with Gasteiger partial charge in [0.25, 0.3) is 5.91 Å². The normalized spacial score (nSPS) is 29.8. The Hall–Kier alpha value is -4.47. The number of nitrogens with zero attached hydrogens (tertiary/aromatic N) is 3. The molecule has 3 heterocycles. The number of carbonyl (C=O) groups excluding carboxylic acids is 4. The summed E-state index contributed by atoms with van der Waals surface area (Å²) < 4.78 is 45.2. The Morgan fingerprint density at radius 2 is 1.87 bits per heavy atom. The first-order valence-corrected chi connectivity index (χ1v) is 20.4. The molecule has 1 aromatic carbocycles. The van der Waals surface area contributed by atoms with Crippen LogP contribution in [0.1, 0.15) is 86.0 Å². The third-order valence-corrected chi connectivity index (χ3v) is 12.5. The molecule has 15 nitrogen and oxygen atoms in total. The number of rotatable bonds is 8. The summed E-state index contributed by atoms with van der Waals surface area (Å²) in [6.45, 7) is 9.22. The van der Waals surface area contributed by atoms with Crippen molar-refractivity contribution in [2.24, 2.45) is 17.8 Å². The van der Waals surface area contributed by atoms with E-state index in [1.807, 2.05) is 19.1 Å². The predicted octanol–water partition coefficient (Wildman–Crippen LogP) is 3.77. The van der Waals surface area contributed by atoms with Crippen LogP contribution in [0.3, 0.4) is 0 Å². The molecule has 4 aliphatic rings. The van der Waals surface area contributed by atoms with E-state index < -0.39 is 74.3 Å². The Labute approximate surface area is 316 Å². The smallest absolute Gasteiger partial charge is 0.408 e. The molecule has 1 aromatic heterocycles. The molecule has 16 heteroatoms. The van der Waals surface area contributed by atoms with Crippen molar-refractivity contribution < 1.29 is 41.8 Å². The number of aromatic nitrogens is 2. The fourth-order valence-corrected chi connectivity index (χ4v) is 8.84. The van der Waals surface area contributed by atoms with Crippen molar-refractivity contribution >= 4 is 44.9 Å². The van der Waals surface area contributed by atoms with Crippen LogP contribution < -0.4 is 24.8 Å². The quantitative estimate of drug-likeness (QED) is 0.331. The van der Waals surface area contributed by atoms with E-state index in [1.54, 1.807) is 46.1 Å². The van der Waals surface area contributed by atoms with Gasteiger partial charge in [-0.1, -0.05) is 32.4 Å². The van der Waals surface area contributed by atoms with Crippen LogP contribution in [-0.2, 0) is 29.1 Å². The Balaban J connectivity index is 1.34. The van der Waals surface area contributed by atoms with E-state index >= 15 is 0 Å². The molecule has 54 heavy (non-hydrogen) atoms. The van der Waals surface area contributed by atoms with Crippen molar-refractivity contribution in [2.45, 2.75) is 121 Å². The number of sulfonamides is 1. The first-order valence-electron chi connectivity index (χ1n) is 18.8. The van der Waals surface area contributed by atoms with E-state index in [0.717, 1.165) is 6.42 Å². The van der Waals surface area contributed by atoms with E-state index in [1.165, 1.54) is 11.1 Å². The van der Waals surface area contributed by atoms with E-state index in [2.05, 4.69) is 32.2 Å². The molecule has 3 N–H and O–H groups in total. The molecule has 2 aliphatic carbocycles. The van der Waals surface area contributed by atoms with Crippen LogP contribution in [0.2, 0.25) is 0 Å². The maximum Gasteiger partial charge on any atom is 0.408 e. The maximum absolute atomic E-state index is 14.8. The summed E-state index contributed by atoms with van der Waals surface area (Å²) in [7, 11) is -2.35. The molecule has 294 valence electrons. The molecule has 1 saturated heterocycles. The molecule has 0 radical (unpaired) electrons. The summed E-state index contributed by atoms with van der Waals surface area (Å²) in [5.74, 6) is -1.73. The minimum Gasteiger partial charge on any atom is -0.497 e. The summed E-state index contributed by atoms with van der Waals surface area (Å²) in [4.78, 5) is 66.7. The number of alkyl carbamates (subject to hydrolysis) is 1. The predicted molar refractivity (Wildman–Crippen MR) is 199 cm³/mol. The second-order valence-corrected chi connectivity index (χ2v) is 18.1. The number of benzene rings is 1. The lowest BCUT2D eigenvalue weighted by molar-refractivity contribution is -0.142. The highest BCUT2D eigenvalue weighted by Crippen LogP contribution is 2.46. The fraction of sp³-hybridized carbons (Fsp3) is 0.632. The molecule has 0 bridgehead atoms. The molecular formula is C38H52N6O9S. The number of hydrogen-bond donors (Lipinski definition) is 3. The summed E-state index contributed by atoms with van der Waals surface area (Å²) in [6, 6.07) is 3.09. The largest absolute Gasteiger partial charge is 0.497 e. The lowest BCUT2D eigenvalue weighted by atomic mass is 9.85. The Kier molecular flexibility index (Phi) is 11.1. The van der Waals surface area contributed by atoms with Gasteiger partial charge in [-0.25, -0.2) is 23.2 Å². The van der Waals surface area contributed by atoms with Gasteiger partial charge in [-0.05, 0) is 83.3 Å². The number of methoxy groups -OCH3 is 1. The maximum atomic E-state index is 14.8. The minimum atomic E-state index is -3.90. The van der Waals surface area contributed by atoms with Crippen LogP contribution in [0.4, 0.5) is 4.79 Å². The lowest BCUT2D eigenvalue weighted by Crippen LogP contribution is -2.59. The van der Waals surface area contributed by atoms with Gasteiger partial charge in [0.15, 0.2) is 0 Å². The highest BCUT2D eigenvalue weighted by Gasteiger charge is 2.62. The minimum absolute atomic E-state index is 0.0281. The molecule has 3 fully saturated rings. The van der Waals surface area contributed by atoms with Crippen molar-refractivity contribution in [2.75, 3.05) is 13.7 Å². The van der Waals surface area contributed by atoms with E-state index in [4.69, 9.17) is 14.2 Å². The zero-order valence-electron chi connectivity index (χ0n) is 31.8. The number of carbonyl (C=O) groups is 4. The van der Waals surface area contributed by atoms with Crippen molar-refractivity contribution in [1.29, 1.82) is 0 Å². The monoisotopic (exact) mass is 768 g/mol. The number of fused-ring (bicyclic) bond motifs is 3. The van der Waals surface area contributed by atoms with Gasteiger partial charge >= 0.3 is 6.09 Å². The number of hydrogen-bond acceptors (Lipinski definition) is 11. The zero-order chi connectivity index (χ0) is 39.0. The summed E-state index contributed by atoms with van der Waals surface area (Å²) in [6.07, 6.45) is 7.62. The van der Waals surface area contributed by atoms with Crippen molar-refractivity contribution in [1.82, 2.24) is 30.2 Å². The summed E-state index contributed by atoms with van der Waals surface area (Å²) >= 11 is 0. The first-order chi connectivity index (χ1) is 25.5. The van der Waals surface area contributed by atoms with Gasteiger partial charge in [0.05, 0.1) is 36.1 Å². The molecule has 0 spiro atoms. The standard InChI is InChI=1S/C38H52N6O9S/c1-7-23-16-22(2)10-8-9-11-24-19-38(24,35(47)43-54(49,50)27-13-14-27)42-33(45)30-18-26(21-44(30)34(46)32(23)41-36(48)53-37(3,4)5)52-31-20-39-28-15-12-25(51-6)17-29(28)40-31/h9,11-12,15,17,20,22-24,26-27,30,32H,7-8,10,13-14,16,18-19,21H2,1-6H3,(H,41,48)(H,42,45)(H,43,47)/b11-9-/t22-,23-,24-,26-,30+,32+,38-/m1/s1. The lowest BCUT2D eigenvalue weighted by Gasteiger charge is -2.34. The second kappa shape index (κ2) is 15.3. The topological polar surface area (TPSA) is 195 Å². The van der Waals surface area contributed by atoms with Gasteiger partial charge in [0.2, 0.25) is 27.7 Å². The van der Waals surface area contributed by atoms with E-state index in [9.17, 15) is 27.6 Å². The van der Waals surface area contributed by atoms with Crippen molar-refractivity contribution in [3.05, 3.63) is 36.5 Å². The summed E-state index contributed by atoms with van der Waals surface area (Å²) in [5.41, 5.74) is -1.19. The molecule has 2 aliphatic heterocycles. The Morgan fingerprint density at radius 1 is 1.11 bits per heavy atom. The van der Waals surface area contributed by atoms with Crippen LogP contribution >= 0.6 is 0 Å². The van der Waals surface area contributed by atoms with Gasteiger partial charge in [0.1, 0.15) is 35.1 Å².